The van der Waals surface area contributed by atoms with Crippen LogP contribution in [0.5, 0.6) is 17.2 Å². The zero-order chi connectivity index (χ0) is 23.8. The maximum Gasteiger partial charge on any atom is 0.353 e. The minimum Gasteiger partial charge on any atom is -0.495 e. The number of halogens is 1. The van der Waals surface area contributed by atoms with Gasteiger partial charge in [0.25, 0.3) is 0 Å². The molecule has 10 nitrogen and oxygen atoms in total. The van der Waals surface area contributed by atoms with E-state index < -0.39 is 4.92 Å². The van der Waals surface area contributed by atoms with Crippen molar-refractivity contribution in [2.45, 2.75) is 19.8 Å². The third-order valence-electron chi connectivity index (χ3n) is 4.62. The zero-order valence-electron chi connectivity index (χ0n) is 18.4. The van der Waals surface area contributed by atoms with E-state index in [0.29, 0.717) is 34.5 Å². The average Bonchev–Trinajstić information content (AvgIpc) is 2.80. The molecule has 0 unspecified atom stereocenters. The molecule has 0 aliphatic heterocycles. The van der Waals surface area contributed by atoms with Crippen LogP contribution in [0.1, 0.15) is 19.8 Å². The normalized spacial score (nSPS) is 10.4. The fourth-order valence-electron chi connectivity index (χ4n) is 2.93. The molecular weight excluding hydrogens is 450 g/mol. The van der Waals surface area contributed by atoms with Crippen molar-refractivity contribution in [1.82, 2.24) is 9.97 Å². The van der Waals surface area contributed by atoms with E-state index in [2.05, 4.69) is 27.5 Å². The molecule has 0 spiro atoms. The van der Waals surface area contributed by atoms with Gasteiger partial charge in [-0.2, -0.15) is 0 Å². The minimum absolute atomic E-state index is 0.0238. The molecule has 3 rings (SSSR count). The SMILES string of the molecule is CCCCOc1ccc(Nc2ncnc(Nc3cc(Cl)c(OC)cc3OC)c2[N+](=O)[O-])cc1. The second kappa shape index (κ2) is 11.2. The molecule has 174 valence electrons. The third kappa shape index (κ3) is 5.92. The van der Waals surface area contributed by atoms with Gasteiger partial charge >= 0.3 is 5.69 Å². The number of anilines is 4. The summed E-state index contributed by atoms with van der Waals surface area (Å²) in [7, 11) is 2.94. The van der Waals surface area contributed by atoms with Crippen molar-refractivity contribution in [2.24, 2.45) is 0 Å². The number of unbranched alkanes of at least 4 members (excludes halogenated alkanes) is 1. The van der Waals surface area contributed by atoms with Crippen LogP contribution in [0.4, 0.5) is 28.7 Å². The first-order chi connectivity index (χ1) is 16.0. The van der Waals surface area contributed by atoms with Gasteiger partial charge in [-0.15, -0.1) is 0 Å². The number of nitrogens with zero attached hydrogens (tertiary/aromatic N) is 3. The van der Waals surface area contributed by atoms with Gasteiger partial charge in [0.05, 0.1) is 36.5 Å². The standard InChI is InChI=1S/C22H24ClN5O5/c1-4-5-10-33-15-8-6-14(7-9-15)26-21-20(28(29)30)22(25-13-24-21)27-17-11-16(23)18(31-2)12-19(17)32-3/h6-9,11-13H,4-5,10H2,1-3H3,(H2,24,25,26,27). The highest BCUT2D eigenvalue weighted by Crippen LogP contribution is 2.40. The van der Waals surface area contributed by atoms with Crippen LogP contribution in [-0.2, 0) is 0 Å². The summed E-state index contributed by atoms with van der Waals surface area (Å²) in [4.78, 5) is 19.4. The molecule has 0 saturated heterocycles. The van der Waals surface area contributed by atoms with Gasteiger partial charge < -0.3 is 24.8 Å². The Kier molecular flexibility index (Phi) is 8.09. The van der Waals surface area contributed by atoms with Crippen LogP contribution in [0, 0.1) is 10.1 Å². The van der Waals surface area contributed by atoms with Crippen molar-refractivity contribution in [3.05, 3.63) is 57.9 Å². The van der Waals surface area contributed by atoms with E-state index in [-0.39, 0.29) is 17.3 Å². The van der Waals surface area contributed by atoms with Crippen molar-refractivity contribution in [3.8, 4) is 17.2 Å². The Bertz CT molecular complexity index is 1110. The van der Waals surface area contributed by atoms with Gasteiger partial charge in [-0.25, -0.2) is 9.97 Å². The lowest BCUT2D eigenvalue weighted by Gasteiger charge is -2.14. The van der Waals surface area contributed by atoms with Crippen molar-refractivity contribution in [3.63, 3.8) is 0 Å². The summed E-state index contributed by atoms with van der Waals surface area (Å²) in [5, 5.41) is 18.1. The van der Waals surface area contributed by atoms with Gasteiger partial charge in [-0.3, -0.25) is 10.1 Å². The summed E-state index contributed by atoms with van der Waals surface area (Å²) in [6.45, 7) is 2.72. The predicted molar refractivity (Wildman–Crippen MR) is 127 cm³/mol. The molecule has 0 amide bonds. The molecule has 0 atom stereocenters. The largest absolute Gasteiger partial charge is 0.495 e. The maximum absolute atomic E-state index is 11.9. The number of rotatable bonds is 11. The van der Waals surface area contributed by atoms with Crippen LogP contribution >= 0.6 is 11.6 Å². The van der Waals surface area contributed by atoms with Gasteiger partial charge in [0, 0.05) is 11.8 Å². The molecule has 2 aromatic carbocycles. The topological polar surface area (TPSA) is 121 Å². The van der Waals surface area contributed by atoms with E-state index in [1.807, 2.05) is 0 Å². The number of aromatic nitrogens is 2. The first-order valence-corrected chi connectivity index (χ1v) is 10.5. The van der Waals surface area contributed by atoms with Crippen molar-refractivity contribution in [1.29, 1.82) is 0 Å². The second-order valence-electron chi connectivity index (χ2n) is 6.84. The van der Waals surface area contributed by atoms with E-state index in [1.165, 1.54) is 26.6 Å². The Morgan fingerprint density at radius 1 is 1.03 bits per heavy atom. The molecule has 0 radical (unpaired) electrons. The lowest BCUT2D eigenvalue weighted by Crippen LogP contribution is -2.06. The van der Waals surface area contributed by atoms with Crippen molar-refractivity contribution < 1.29 is 19.1 Å². The molecule has 2 N–H and O–H groups in total. The summed E-state index contributed by atoms with van der Waals surface area (Å²) in [6.07, 6.45) is 3.23. The van der Waals surface area contributed by atoms with E-state index in [9.17, 15) is 10.1 Å². The van der Waals surface area contributed by atoms with Crippen LogP contribution in [0.15, 0.2) is 42.7 Å². The smallest absolute Gasteiger partial charge is 0.353 e. The maximum atomic E-state index is 11.9. The summed E-state index contributed by atoms with van der Waals surface area (Å²) in [5.74, 6) is 1.49. The Labute approximate surface area is 196 Å². The summed E-state index contributed by atoms with van der Waals surface area (Å²) >= 11 is 6.21. The van der Waals surface area contributed by atoms with Crippen LogP contribution in [0.3, 0.4) is 0 Å². The molecule has 3 aromatic rings. The van der Waals surface area contributed by atoms with E-state index in [4.69, 9.17) is 25.8 Å². The first-order valence-electron chi connectivity index (χ1n) is 10.1. The molecule has 33 heavy (non-hydrogen) atoms. The Hall–Kier alpha value is -3.79. The van der Waals surface area contributed by atoms with Crippen molar-refractivity contribution in [2.75, 3.05) is 31.5 Å². The summed E-state index contributed by atoms with van der Waals surface area (Å²) < 4.78 is 16.2. The predicted octanol–water partition coefficient (Wildman–Crippen LogP) is 5.72. The molecule has 0 fully saturated rings. The minimum atomic E-state index is -0.565. The Balaban J connectivity index is 1.88. The van der Waals surface area contributed by atoms with E-state index in [1.54, 1.807) is 30.3 Å². The number of methoxy groups -OCH3 is 2. The number of hydrogen-bond acceptors (Lipinski definition) is 9. The highest BCUT2D eigenvalue weighted by atomic mass is 35.5. The number of nitrogens with one attached hydrogen (secondary N) is 2. The summed E-state index contributed by atoms with van der Waals surface area (Å²) in [6, 6.07) is 10.2. The average molecular weight is 474 g/mol. The molecule has 0 saturated carbocycles. The van der Waals surface area contributed by atoms with Gasteiger partial charge in [0.2, 0.25) is 11.6 Å². The zero-order valence-corrected chi connectivity index (χ0v) is 19.2. The number of hydrogen-bond donors (Lipinski definition) is 2. The molecule has 1 heterocycles. The Morgan fingerprint density at radius 2 is 1.70 bits per heavy atom. The highest BCUT2D eigenvalue weighted by Gasteiger charge is 2.24. The molecule has 0 aliphatic carbocycles. The number of nitro groups is 1. The van der Waals surface area contributed by atoms with E-state index >= 15 is 0 Å². The summed E-state index contributed by atoms with van der Waals surface area (Å²) in [5.41, 5.74) is 0.648. The Morgan fingerprint density at radius 3 is 2.30 bits per heavy atom. The lowest BCUT2D eigenvalue weighted by molar-refractivity contribution is -0.383. The van der Waals surface area contributed by atoms with Gasteiger partial charge in [0.1, 0.15) is 23.6 Å². The lowest BCUT2D eigenvalue weighted by atomic mass is 10.2. The fourth-order valence-corrected chi connectivity index (χ4v) is 3.17. The number of benzene rings is 2. The molecule has 11 heteroatoms. The molecular formula is C22H24ClN5O5. The number of ether oxygens (including phenoxy) is 3. The van der Waals surface area contributed by atoms with Gasteiger partial charge in [-0.05, 0) is 36.8 Å². The quantitative estimate of drug-likeness (QED) is 0.204. The third-order valence-corrected chi connectivity index (χ3v) is 4.91. The highest BCUT2D eigenvalue weighted by molar-refractivity contribution is 6.32. The van der Waals surface area contributed by atoms with Crippen molar-refractivity contribution >= 4 is 40.3 Å². The molecule has 1 aromatic heterocycles. The first kappa shape index (κ1) is 23.9. The second-order valence-corrected chi connectivity index (χ2v) is 7.25. The van der Waals surface area contributed by atoms with E-state index in [0.717, 1.165) is 18.6 Å². The van der Waals surface area contributed by atoms with Gasteiger partial charge in [0.15, 0.2) is 0 Å². The molecule has 0 aliphatic rings. The van der Waals surface area contributed by atoms with Gasteiger partial charge in [-0.1, -0.05) is 24.9 Å². The van der Waals surface area contributed by atoms with Crippen LogP contribution in [-0.4, -0.2) is 35.7 Å². The van der Waals surface area contributed by atoms with Crippen LogP contribution < -0.4 is 24.8 Å². The molecule has 0 bridgehead atoms. The van der Waals surface area contributed by atoms with Crippen LogP contribution in [0.2, 0.25) is 5.02 Å². The monoisotopic (exact) mass is 473 g/mol. The fraction of sp³-hybridized carbons (Fsp3) is 0.273. The van der Waals surface area contributed by atoms with Crippen LogP contribution in [0.25, 0.3) is 0 Å².